The zero-order valence-electron chi connectivity index (χ0n) is 21.2. The Hall–Kier alpha value is -4.76. The molecule has 3 aromatic carbocycles. The number of anilines is 2. The van der Waals surface area contributed by atoms with Crippen LogP contribution in [0.15, 0.2) is 91.3 Å². The molecule has 0 saturated carbocycles. The third-order valence-corrected chi connectivity index (χ3v) is 6.69. The van der Waals surface area contributed by atoms with E-state index in [2.05, 4.69) is 25.6 Å². The van der Waals surface area contributed by atoms with Crippen molar-refractivity contribution in [1.29, 1.82) is 0 Å². The van der Waals surface area contributed by atoms with Crippen LogP contribution in [0, 0.1) is 5.82 Å². The van der Waals surface area contributed by atoms with Crippen LogP contribution >= 0.6 is 0 Å². The molecule has 196 valence electrons. The van der Waals surface area contributed by atoms with E-state index in [9.17, 15) is 9.18 Å². The number of fused-ring (bicyclic) bond motifs is 1. The highest BCUT2D eigenvalue weighted by Gasteiger charge is 2.18. The van der Waals surface area contributed by atoms with Gasteiger partial charge in [0.05, 0.1) is 17.6 Å². The standard InChI is InChI=1S/C30H27FN6O2/c31-24-18-22(10-11-28(24)39-20-21-6-2-1-3-7-21)23-19-33-37-15-12-26(34-29(23)37)30(38)35-25-8-4-5-9-27(25)36-16-13-32-14-17-36/h1-12,15,18-19,32H,13-14,16-17,20H2,(H,35,38). The predicted molar refractivity (Wildman–Crippen MR) is 149 cm³/mol. The summed E-state index contributed by atoms with van der Waals surface area (Å²) in [6, 6.07) is 23.7. The average molecular weight is 523 g/mol. The number of rotatable bonds is 7. The van der Waals surface area contributed by atoms with E-state index in [-0.39, 0.29) is 24.0 Å². The number of hydrogen-bond acceptors (Lipinski definition) is 6. The van der Waals surface area contributed by atoms with Crippen molar-refractivity contribution in [3.8, 4) is 16.9 Å². The largest absolute Gasteiger partial charge is 0.486 e. The van der Waals surface area contributed by atoms with Crippen LogP contribution in [0.2, 0.25) is 0 Å². The minimum Gasteiger partial charge on any atom is -0.486 e. The Balaban J connectivity index is 1.23. The first-order valence-corrected chi connectivity index (χ1v) is 12.8. The molecule has 2 N–H and O–H groups in total. The lowest BCUT2D eigenvalue weighted by molar-refractivity contribution is 0.102. The van der Waals surface area contributed by atoms with Crippen LogP contribution in [0.4, 0.5) is 15.8 Å². The number of piperazine rings is 1. The van der Waals surface area contributed by atoms with Crippen LogP contribution in [-0.2, 0) is 6.61 Å². The Kier molecular flexibility index (Phi) is 6.88. The van der Waals surface area contributed by atoms with Crippen LogP contribution < -0.4 is 20.3 Å². The monoisotopic (exact) mass is 522 g/mol. The molecule has 1 aliphatic heterocycles. The molecule has 0 bridgehead atoms. The maximum Gasteiger partial charge on any atom is 0.274 e. The van der Waals surface area contributed by atoms with Gasteiger partial charge in [0.15, 0.2) is 17.2 Å². The number of nitrogens with zero attached hydrogens (tertiary/aromatic N) is 4. The highest BCUT2D eigenvalue weighted by Crippen LogP contribution is 2.29. The molecule has 39 heavy (non-hydrogen) atoms. The molecule has 1 fully saturated rings. The van der Waals surface area contributed by atoms with Gasteiger partial charge in [0, 0.05) is 37.9 Å². The molecule has 9 heteroatoms. The fourth-order valence-electron chi connectivity index (χ4n) is 4.67. The Bertz CT molecular complexity index is 1610. The molecule has 0 atom stereocenters. The van der Waals surface area contributed by atoms with Gasteiger partial charge in [-0.1, -0.05) is 48.5 Å². The summed E-state index contributed by atoms with van der Waals surface area (Å²) in [5.74, 6) is -0.653. The van der Waals surface area contributed by atoms with Crippen LogP contribution in [-0.4, -0.2) is 46.7 Å². The van der Waals surface area contributed by atoms with Crippen molar-refractivity contribution in [3.63, 3.8) is 0 Å². The normalized spacial score (nSPS) is 13.4. The summed E-state index contributed by atoms with van der Waals surface area (Å²) in [4.78, 5) is 20.1. The van der Waals surface area contributed by atoms with Crippen LogP contribution in [0.1, 0.15) is 16.1 Å². The van der Waals surface area contributed by atoms with Crippen LogP contribution in [0.3, 0.4) is 0 Å². The SMILES string of the molecule is O=C(Nc1ccccc1N1CCNCC1)c1ccn2ncc(-c3ccc(OCc4ccccc4)c(F)c3)c2n1. The van der Waals surface area contributed by atoms with Gasteiger partial charge >= 0.3 is 0 Å². The molecule has 3 heterocycles. The maximum atomic E-state index is 14.9. The van der Waals surface area contributed by atoms with E-state index in [1.807, 2.05) is 54.6 Å². The van der Waals surface area contributed by atoms with E-state index in [4.69, 9.17) is 4.74 Å². The highest BCUT2D eigenvalue weighted by atomic mass is 19.1. The molecule has 0 radical (unpaired) electrons. The smallest absolute Gasteiger partial charge is 0.274 e. The third kappa shape index (κ3) is 5.30. The molecule has 5 aromatic rings. The van der Waals surface area contributed by atoms with Gasteiger partial charge in [-0.05, 0) is 41.5 Å². The van der Waals surface area contributed by atoms with Gasteiger partial charge in [0.2, 0.25) is 0 Å². The van der Waals surface area contributed by atoms with Crippen LogP contribution in [0.25, 0.3) is 16.8 Å². The minimum absolute atomic E-state index is 0.162. The number of hydrogen-bond donors (Lipinski definition) is 2. The molecule has 6 rings (SSSR count). The number of carbonyl (C=O) groups excluding carboxylic acids is 1. The molecule has 0 spiro atoms. The molecule has 1 saturated heterocycles. The topological polar surface area (TPSA) is 83.8 Å². The first-order valence-electron chi connectivity index (χ1n) is 12.8. The summed E-state index contributed by atoms with van der Waals surface area (Å²) in [7, 11) is 0. The molecule has 0 aliphatic carbocycles. The van der Waals surface area contributed by atoms with Gasteiger partial charge < -0.3 is 20.3 Å². The van der Waals surface area contributed by atoms with Crippen molar-refractivity contribution in [3.05, 3.63) is 108 Å². The molecule has 1 aliphatic rings. The summed E-state index contributed by atoms with van der Waals surface area (Å²) < 4.78 is 22.2. The van der Waals surface area contributed by atoms with Crippen molar-refractivity contribution < 1.29 is 13.9 Å². The molecular weight excluding hydrogens is 495 g/mol. The summed E-state index contributed by atoms with van der Waals surface area (Å²) in [5, 5.41) is 10.7. The number of ether oxygens (including phenoxy) is 1. The zero-order valence-corrected chi connectivity index (χ0v) is 21.2. The van der Waals surface area contributed by atoms with E-state index >= 15 is 0 Å². The number of benzene rings is 3. The molecule has 8 nitrogen and oxygen atoms in total. The summed E-state index contributed by atoms with van der Waals surface area (Å²) in [5.41, 5.74) is 4.55. The zero-order chi connectivity index (χ0) is 26.6. The molecule has 0 unspecified atom stereocenters. The predicted octanol–water partition coefficient (Wildman–Crippen LogP) is 4.78. The lowest BCUT2D eigenvalue weighted by Gasteiger charge is -2.31. The van der Waals surface area contributed by atoms with Gasteiger partial charge in [0.1, 0.15) is 12.3 Å². The second kappa shape index (κ2) is 10.9. The van der Waals surface area contributed by atoms with E-state index in [1.54, 1.807) is 35.1 Å². The van der Waals surface area contributed by atoms with E-state index in [0.717, 1.165) is 43.1 Å². The summed E-state index contributed by atoms with van der Waals surface area (Å²) >= 11 is 0. The van der Waals surface area contributed by atoms with Gasteiger partial charge in [-0.25, -0.2) is 13.9 Å². The van der Waals surface area contributed by atoms with Gasteiger partial charge in [0.25, 0.3) is 5.91 Å². The number of halogens is 1. The summed E-state index contributed by atoms with van der Waals surface area (Å²) in [6.45, 7) is 3.79. The van der Waals surface area contributed by atoms with Gasteiger partial charge in [-0.15, -0.1) is 0 Å². The Morgan fingerprint density at radius 2 is 1.79 bits per heavy atom. The van der Waals surface area contributed by atoms with Crippen molar-refractivity contribution in [2.24, 2.45) is 0 Å². The maximum absolute atomic E-state index is 14.9. The van der Waals surface area contributed by atoms with E-state index in [0.29, 0.717) is 16.8 Å². The molecule has 2 aromatic heterocycles. The summed E-state index contributed by atoms with van der Waals surface area (Å²) in [6.07, 6.45) is 3.29. The van der Waals surface area contributed by atoms with Gasteiger partial charge in [-0.2, -0.15) is 5.10 Å². The number of nitrogens with one attached hydrogen (secondary N) is 2. The average Bonchev–Trinajstić information content (AvgIpc) is 3.41. The van der Waals surface area contributed by atoms with E-state index < -0.39 is 5.82 Å². The number of para-hydroxylation sites is 2. The lowest BCUT2D eigenvalue weighted by Crippen LogP contribution is -2.43. The Morgan fingerprint density at radius 3 is 2.62 bits per heavy atom. The second-order valence-electron chi connectivity index (χ2n) is 9.27. The molecule has 1 amide bonds. The Labute approximate surface area is 225 Å². The number of amides is 1. The van der Waals surface area contributed by atoms with Crippen molar-refractivity contribution in [1.82, 2.24) is 19.9 Å². The van der Waals surface area contributed by atoms with E-state index in [1.165, 1.54) is 6.07 Å². The Morgan fingerprint density at radius 1 is 1.00 bits per heavy atom. The van der Waals surface area contributed by atoms with Crippen molar-refractivity contribution in [2.45, 2.75) is 6.61 Å². The van der Waals surface area contributed by atoms with Crippen molar-refractivity contribution >= 4 is 22.9 Å². The third-order valence-electron chi connectivity index (χ3n) is 6.69. The number of carbonyl (C=O) groups is 1. The van der Waals surface area contributed by atoms with Crippen LogP contribution in [0.5, 0.6) is 5.75 Å². The lowest BCUT2D eigenvalue weighted by atomic mass is 10.1. The van der Waals surface area contributed by atoms with Gasteiger partial charge in [-0.3, -0.25) is 4.79 Å². The second-order valence-corrected chi connectivity index (χ2v) is 9.27. The quantitative estimate of drug-likeness (QED) is 0.320. The fraction of sp³-hybridized carbons (Fsp3) is 0.167. The first-order chi connectivity index (χ1) is 19.2. The minimum atomic E-state index is -0.485. The highest BCUT2D eigenvalue weighted by molar-refractivity contribution is 6.05. The first kappa shape index (κ1) is 24.6. The van der Waals surface area contributed by atoms with Crippen molar-refractivity contribution in [2.75, 3.05) is 36.4 Å². The fourth-order valence-corrected chi connectivity index (χ4v) is 4.67. The number of aromatic nitrogens is 3. The molecular formula is C30H27FN6O2.